The van der Waals surface area contributed by atoms with Gasteiger partial charge in [0.05, 0.1) is 0 Å². The van der Waals surface area contributed by atoms with Crippen LogP contribution < -0.4 is 10.1 Å². The van der Waals surface area contributed by atoms with Crippen molar-refractivity contribution in [3.63, 3.8) is 0 Å². The lowest BCUT2D eigenvalue weighted by Gasteiger charge is -2.16. The highest BCUT2D eigenvalue weighted by molar-refractivity contribution is 5.28. The highest BCUT2D eigenvalue weighted by atomic mass is 19.4. The third kappa shape index (κ3) is 4.13. The summed E-state index contributed by atoms with van der Waals surface area (Å²) in [5, 5.41) is 3.28. The molecule has 0 radical (unpaired) electrons. The molecule has 2 rings (SSSR count). The number of likely N-dealkylation sites (N-methyl/N-ethyl adjacent to an activating group) is 1. The van der Waals surface area contributed by atoms with Gasteiger partial charge in [0.2, 0.25) is 0 Å². The van der Waals surface area contributed by atoms with Gasteiger partial charge in [-0.1, -0.05) is 19.1 Å². The Balaban J connectivity index is 1.94. The average molecular weight is 273 g/mol. The van der Waals surface area contributed by atoms with Gasteiger partial charge < -0.3 is 10.1 Å². The van der Waals surface area contributed by atoms with Gasteiger partial charge in [0.15, 0.2) is 0 Å². The van der Waals surface area contributed by atoms with Crippen LogP contribution >= 0.6 is 0 Å². The number of ether oxygens (including phenoxy) is 1. The fourth-order valence-electron chi connectivity index (χ4n) is 2.46. The van der Waals surface area contributed by atoms with Gasteiger partial charge in [0, 0.05) is 6.04 Å². The first kappa shape index (κ1) is 14.2. The van der Waals surface area contributed by atoms with E-state index < -0.39 is 6.36 Å². The molecular weight excluding hydrogens is 255 g/mol. The molecule has 3 atom stereocenters. The fourth-order valence-corrected chi connectivity index (χ4v) is 2.46. The van der Waals surface area contributed by atoms with Gasteiger partial charge >= 0.3 is 6.36 Å². The van der Waals surface area contributed by atoms with Gasteiger partial charge in [-0.15, -0.1) is 13.2 Å². The number of benzene rings is 1. The zero-order chi connectivity index (χ0) is 14.0. The maximum atomic E-state index is 12.0. The average Bonchev–Trinajstić information content (AvgIpc) is 3.03. The Morgan fingerprint density at radius 3 is 2.32 bits per heavy atom. The Bertz CT molecular complexity index is 416. The van der Waals surface area contributed by atoms with Crippen molar-refractivity contribution in [2.24, 2.45) is 11.8 Å². The SMILES string of the molecule is CNC(Cc1ccc(OC(F)(F)F)cc1)C1CC1C. The van der Waals surface area contributed by atoms with Crippen LogP contribution in [0, 0.1) is 11.8 Å². The number of halogens is 3. The number of hydrogen-bond donors (Lipinski definition) is 1. The van der Waals surface area contributed by atoms with Crippen LogP contribution in [0.4, 0.5) is 13.2 Å². The smallest absolute Gasteiger partial charge is 0.406 e. The van der Waals surface area contributed by atoms with Crippen molar-refractivity contribution in [1.82, 2.24) is 5.32 Å². The molecule has 0 heterocycles. The number of alkyl halides is 3. The van der Waals surface area contributed by atoms with Gasteiger partial charge in [0.1, 0.15) is 5.75 Å². The first-order valence-corrected chi connectivity index (χ1v) is 6.41. The van der Waals surface area contributed by atoms with Gasteiger partial charge in [-0.05, 0) is 49.4 Å². The molecule has 0 bridgehead atoms. The molecule has 1 N–H and O–H groups in total. The Labute approximate surface area is 111 Å². The molecule has 0 saturated heterocycles. The molecule has 2 nitrogen and oxygen atoms in total. The number of nitrogens with one attached hydrogen (secondary N) is 1. The molecule has 0 aromatic heterocycles. The minimum absolute atomic E-state index is 0.169. The summed E-state index contributed by atoms with van der Waals surface area (Å²) in [6.07, 6.45) is -2.57. The molecule has 1 aromatic carbocycles. The van der Waals surface area contributed by atoms with Gasteiger partial charge in [0.25, 0.3) is 0 Å². The molecule has 106 valence electrons. The molecule has 3 unspecified atom stereocenters. The number of rotatable bonds is 5. The van der Waals surface area contributed by atoms with Crippen molar-refractivity contribution in [2.45, 2.75) is 32.2 Å². The van der Waals surface area contributed by atoms with E-state index in [0.29, 0.717) is 12.0 Å². The predicted molar refractivity (Wildman–Crippen MR) is 66.9 cm³/mol. The molecular formula is C14H18F3NO. The third-order valence-electron chi connectivity index (χ3n) is 3.67. The molecule has 1 fully saturated rings. The van der Waals surface area contributed by atoms with E-state index in [-0.39, 0.29) is 5.75 Å². The molecule has 1 aromatic rings. The van der Waals surface area contributed by atoms with E-state index in [4.69, 9.17) is 0 Å². The van der Waals surface area contributed by atoms with Gasteiger partial charge in [-0.3, -0.25) is 0 Å². The summed E-state index contributed by atoms with van der Waals surface area (Å²) in [7, 11) is 1.93. The van der Waals surface area contributed by atoms with Crippen LogP contribution in [0.2, 0.25) is 0 Å². The van der Waals surface area contributed by atoms with Crippen molar-refractivity contribution < 1.29 is 17.9 Å². The van der Waals surface area contributed by atoms with Gasteiger partial charge in [-0.25, -0.2) is 0 Å². The molecule has 0 amide bonds. The topological polar surface area (TPSA) is 21.3 Å². The van der Waals surface area contributed by atoms with E-state index in [1.165, 1.54) is 18.6 Å². The van der Waals surface area contributed by atoms with Crippen LogP contribution in [0.3, 0.4) is 0 Å². The van der Waals surface area contributed by atoms with E-state index >= 15 is 0 Å². The summed E-state index contributed by atoms with van der Waals surface area (Å²) in [5.74, 6) is 1.25. The lowest BCUT2D eigenvalue weighted by atomic mass is 10.0. The molecule has 1 saturated carbocycles. The second-order valence-corrected chi connectivity index (χ2v) is 5.17. The van der Waals surface area contributed by atoms with Crippen LogP contribution in [0.5, 0.6) is 5.75 Å². The monoisotopic (exact) mass is 273 g/mol. The zero-order valence-corrected chi connectivity index (χ0v) is 11.0. The van der Waals surface area contributed by atoms with Crippen LogP contribution in [0.15, 0.2) is 24.3 Å². The first-order valence-electron chi connectivity index (χ1n) is 6.41. The van der Waals surface area contributed by atoms with E-state index in [1.807, 2.05) is 7.05 Å². The predicted octanol–water partition coefficient (Wildman–Crippen LogP) is 3.37. The molecule has 5 heteroatoms. The highest BCUT2D eigenvalue weighted by Crippen LogP contribution is 2.41. The maximum Gasteiger partial charge on any atom is 0.573 e. The molecule has 1 aliphatic carbocycles. The maximum absolute atomic E-state index is 12.0. The second kappa shape index (κ2) is 5.41. The van der Waals surface area contributed by atoms with Crippen molar-refractivity contribution in [2.75, 3.05) is 7.05 Å². The summed E-state index contributed by atoms with van der Waals surface area (Å²) < 4.78 is 39.9. The molecule has 1 aliphatic rings. The third-order valence-corrected chi connectivity index (χ3v) is 3.67. The van der Waals surface area contributed by atoms with Crippen LogP contribution in [0.1, 0.15) is 18.9 Å². The Kier molecular flexibility index (Phi) is 4.04. The number of hydrogen-bond acceptors (Lipinski definition) is 2. The summed E-state index contributed by atoms with van der Waals surface area (Å²) >= 11 is 0. The quantitative estimate of drug-likeness (QED) is 0.888. The van der Waals surface area contributed by atoms with Crippen LogP contribution in [0.25, 0.3) is 0 Å². The van der Waals surface area contributed by atoms with Gasteiger partial charge in [-0.2, -0.15) is 0 Å². The Morgan fingerprint density at radius 1 is 1.32 bits per heavy atom. The Hall–Kier alpha value is -1.23. The lowest BCUT2D eigenvalue weighted by molar-refractivity contribution is -0.274. The molecule has 0 spiro atoms. The minimum atomic E-state index is -4.63. The van der Waals surface area contributed by atoms with E-state index in [9.17, 15) is 13.2 Å². The van der Waals surface area contributed by atoms with Crippen molar-refractivity contribution >= 4 is 0 Å². The normalized spacial score (nSPS) is 24.1. The first-order chi connectivity index (χ1) is 8.89. The zero-order valence-electron chi connectivity index (χ0n) is 11.0. The van der Waals surface area contributed by atoms with E-state index in [2.05, 4.69) is 17.0 Å². The van der Waals surface area contributed by atoms with Crippen LogP contribution in [-0.4, -0.2) is 19.5 Å². The van der Waals surface area contributed by atoms with Crippen LogP contribution in [-0.2, 0) is 6.42 Å². The lowest BCUT2D eigenvalue weighted by Crippen LogP contribution is -2.30. The fraction of sp³-hybridized carbons (Fsp3) is 0.571. The summed E-state index contributed by atoms with van der Waals surface area (Å²) in [5.41, 5.74) is 1.02. The molecule has 19 heavy (non-hydrogen) atoms. The largest absolute Gasteiger partial charge is 0.573 e. The summed E-state index contributed by atoms with van der Waals surface area (Å²) in [4.78, 5) is 0. The molecule has 0 aliphatic heterocycles. The second-order valence-electron chi connectivity index (χ2n) is 5.17. The standard InChI is InChI=1S/C14H18F3NO/c1-9-7-12(9)13(18-2)8-10-3-5-11(6-4-10)19-14(15,16)17/h3-6,9,12-13,18H,7-8H2,1-2H3. The summed E-state index contributed by atoms with van der Waals surface area (Å²) in [6.45, 7) is 2.22. The van der Waals surface area contributed by atoms with Crippen molar-refractivity contribution in [3.8, 4) is 5.75 Å². The minimum Gasteiger partial charge on any atom is -0.406 e. The Morgan fingerprint density at radius 2 is 1.89 bits per heavy atom. The van der Waals surface area contributed by atoms with Crippen molar-refractivity contribution in [3.05, 3.63) is 29.8 Å². The van der Waals surface area contributed by atoms with E-state index in [0.717, 1.165) is 17.9 Å². The van der Waals surface area contributed by atoms with Crippen molar-refractivity contribution in [1.29, 1.82) is 0 Å². The highest BCUT2D eigenvalue weighted by Gasteiger charge is 2.38. The summed E-state index contributed by atoms with van der Waals surface area (Å²) in [6, 6.07) is 6.51. The van der Waals surface area contributed by atoms with E-state index in [1.54, 1.807) is 12.1 Å².